The Morgan fingerprint density at radius 1 is 1.08 bits per heavy atom. The van der Waals surface area contributed by atoms with Gasteiger partial charge in [-0.05, 0) is 24.6 Å². The van der Waals surface area contributed by atoms with Gasteiger partial charge in [0.2, 0.25) is 5.91 Å². The van der Waals surface area contributed by atoms with Crippen molar-refractivity contribution in [1.29, 1.82) is 0 Å². The van der Waals surface area contributed by atoms with Gasteiger partial charge in [0.05, 0.1) is 17.6 Å². The number of piperazine rings is 1. The second-order valence-electron chi connectivity index (χ2n) is 5.74. The molecule has 1 aromatic carbocycles. The Morgan fingerprint density at radius 3 is 2.46 bits per heavy atom. The molecular formula is C18H20N2O3S. The van der Waals surface area contributed by atoms with Crippen LogP contribution in [0.15, 0.2) is 52.2 Å². The Morgan fingerprint density at radius 2 is 1.79 bits per heavy atom. The first-order chi connectivity index (χ1) is 11.6. The minimum absolute atomic E-state index is 0.0369. The van der Waals surface area contributed by atoms with Crippen molar-refractivity contribution >= 4 is 23.6 Å². The van der Waals surface area contributed by atoms with E-state index in [9.17, 15) is 9.59 Å². The molecule has 0 unspecified atom stereocenters. The normalized spacial score (nSPS) is 14.7. The summed E-state index contributed by atoms with van der Waals surface area (Å²) in [5.74, 6) is 0.518. The van der Waals surface area contributed by atoms with Crippen LogP contribution in [0, 0.1) is 6.92 Å². The molecule has 0 spiro atoms. The first-order valence-electron chi connectivity index (χ1n) is 7.93. The van der Waals surface area contributed by atoms with E-state index in [0.717, 1.165) is 4.90 Å². The van der Waals surface area contributed by atoms with Gasteiger partial charge in [-0.1, -0.05) is 18.2 Å². The van der Waals surface area contributed by atoms with E-state index in [1.807, 2.05) is 36.1 Å². The zero-order valence-electron chi connectivity index (χ0n) is 13.6. The maximum Gasteiger partial charge on any atom is 0.257 e. The molecule has 24 heavy (non-hydrogen) atoms. The molecule has 1 aliphatic rings. The third-order valence-electron chi connectivity index (χ3n) is 4.13. The lowest BCUT2D eigenvalue weighted by molar-refractivity contribution is -0.129. The van der Waals surface area contributed by atoms with Crippen molar-refractivity contribution in [2.45, 2.75) is 11.8 Å². The van der Waals surface area contributed by atoms with Crippen LogP contribution in [0.2, 0.25) is 0 Å². The van der Waals surface area contributed by atoms with Gasteiger partial charge in [0.1, 0.15) is 6.26 Å². The fourth-order valence-corrected chi connectivity index (χ4v) is 3.61. The summed E-state index contributed by atoms with van der Waals surface area (Å²) < 4.78 is 4.95. The molecule has 0 N–H and O–H groups in total. The van der Waals surface area contributed by atoms with Crippen LogP contribution >= 0.6 is 11.8 Å². The highest BCUT2D eigenvalue weighted by Crippen LogP contribution is 2.22. The van der Waals surface area contributed by atoms with Gasteiger partial charge in [0, 0.05) is 31.1 Å². The van der Waals surface area contributed by atoms with Crippen LogP contribution in [0.3, 0.4) is 0 Å². The molecule has 2 heterocycles. The van der Waals surface area contributed by atoms with Crippen molar-refractivity contribution < 1.29 is 14.0 Å². The Labute approximate surface area is 145 Å². The maximum absolute atomic E-state index is 12.4. The predicted octanol–water partition coefficient (Wildman–Crippen LogP) is 2.66. The Bertz CT molecular complexity index is 707. The summed E-state index contributed by atoms with van der Waals surface area (Å²) in [5, 5.41) is 0. The lowest BCUT2D eigenvalue weighted by atomic mass is 10.2. The van der Waals surface area contributed by atoms with E-state index in [-0.39, 0.29) is 11.8 Å². The molecule has 1 aromatic heterocycles. The highest BCUT2D eigenvalue weighted by atomic mass is 32.2. The molecule has 3 rings (SSSR count). The molecule has 2 amide bonds. The van der Waals surface area contributed by atoms with E-state index in [0.29, 0.717) is 37.5 Å². The van der Waals surface area contributed by atoms with Crippen molar-refractivity contribution in [2.75, 3.05) is 31.9 Å². The molecule has 1 fully saturated rings. The largest absolute Gasteiger partial charge is 0.472 e. The van der Waals surface area contributed by atoms with Crippen molar-refractivity contribution in [3.05, 3.63) is 54.0 Å². The van der Waals surface area contributed by atoms with Crippen molar-refractivity contribution in [2.24, 2.45) is 0 Å². The second-order valence-corrected chi connectivity index (χ2v) is 6.76. The lowest BCUT2D eigenvalue weighted by Gasteiger charge is -2.34. The van der Waals surface area contributed by atoms with Gasteiger partial charge in [-0.3, -0.25) is 9.59 Å². The number of nitrogens with zero attached hydrogens (tertiary/aromatic N) is 2. The SMILES string of the molecule is Cc1ccccc1SCC(=O)N1CCN(C(=O)c2ccoc2)CC1. The van der Waals surface area contributed by atoms with Crippen molar-refractivity contribution in [3.8, 4) is 0 Å². The van der Waals surface area contributed by atoms with E-state index >= 15 is 0 Å². The molecular weight excluding hydrogens is 324 g/mol. The van der Waals surface area contributed by atoms with Crippen molar-refractivity contribution in [3.63, 3.8) is 0 Å². The molecule has 1 aliphatic heterocycles. The Hall–Kier alpha value is -2.21. The van der Waals surface area contributed by atoms with E-state index in [1.165, 1.54) is 18.1 Å². The number of hydrogen-bond acceptors (Lipinski definition) is 4. The number of thioether (sulfide) groups is 1. The summed E-state index contributed by atoms with van der Waals surface area (Å²) in [4.78, 5) is 29.4. The Kier molecular flexibility index (Phi) is 5.25. The van der Waals surface area contributed by atoms with Crippen LogP contribution in [0.1, 0.15) is 15.9 Å². The minimum Gasteiger partial charge on any atom is -0.472 e. The van der Waals surface area contributed by atoms with Crippen LogP contribution < -0.4 is 0 Å². The molecule has 2 aromatic rings. The van der Waals surface area contributed by atoms with E-state index < -0.39 is 0 Å². The second kappa shape index (κ2) is 7.57. The lowest BCUT2D eigenvalue weighted by Crippen LogP contribution is -2.51. The molecule has 126 valence electrons. The van der Waals surface area contributed by atoms with Crippen LogP contribution in [-0.2, 0) is 4.79 Å². The zero-order chi connectivity index (χ0) is 16.9. The smallest absolute Gasteiger partial charge is 0.257 e. The van der Waals surface area contributed by atoms with Gasteiger partial charge in [-0.15, -0.1) is 11.8 Å². The third-order valence-corrected chi connectivity index (χ3v) is 5.29. The molecule has 1 saturated heterocycles. The fourth-order valence-electron chi connectivity index (χ4n) is 2.68. The van der Waals surface area contributed by atoms with E-state index in [4.69, 9.17) is 4.42 Å². The van der Waals surface area contributed by atoms with Crippen LogP contribution in [0.4, 0.5) is 0 Å². The average Bonchev–Trinajstić information content (AvgIpc) is 3.15. The van der Waals surface area contributed by atoms with Gasteiger partial charge in [-0.2, -0.15) is 0 Å². The summed E-state index contributed by atoms with van der Waals surface area (Å²) in [6.07, 6.45) is 2.95. The first-order valence-corrected chi connectivity index (χ1v) is 8.91. The van der Waals surface area contributed by atoms with Crippen LogP contribution in [-0.4, -0.2) is 53.5 Å². The highest BCUT2D eigenvalue weighted by Gasteiger charge is 2.25. The van der Waals surface area contributed by atoms with E-state index in [1.54, 1.807) is 22.7 Å². The number of rotatable bonds is 4. The number of hydrogen-bond donors (Lipinski definition) is 0. The summed E-state index contributed by atoms with van der Waals surface area (Å²) in [5.41, 5.74) is 1.75. The van der Waals surface area contributed by atoms with Gasteiger partial charge >= 0.3 is 0 Å². The van der Waals surface area contributed by atoms with Crippen LogP contribution in [0.25, 0.3) is 0 Å². The number of carbonyl (C=O) groups is 2. The minimum atomic E-state index is -0.0369. The van der Waals surface area contributed by atoms with Crippen molar-refractivity contribution in [1.82, 2.24) is 9.80 Å². The number of amides is 2. The number of carbonyl (C=O) groups excluding carboxylic acids is 2. The molecule has 0 atom stereocenters. The fraction of sp³-hybridized carbons (Fsp3) is 0.333. The quantitative estimate of drug-likeness (QED) is 0.800. The first kappa shape index (κ1) is 16.6. The number of benzene rings is 1. The molecule has 5 nitrogen and oxygen atoms in total. The van der Waals surface area contributed by atoms with Crippen LogP contribution in [0.5, 0.6) is 0 Å². The third kappa shape index (κ3) is 3.82. The maximum atomic E-state index is 12.4. The molecule has 6 heteroatoms. The standard InChI is InChI=1S/C18H20N2O3S/c1-14-4-2-3-5-16(14)24-13-17(21)19-7-9-20(10-8-19)18(22)15-6-11-23-12-15/h2-6,11-12H,7-10,13H2,1H3. The van der Waals surface area contributed by atoms with E-state index in [2.05, 4.69) is 0 Å². The summed E-state index contributed by atoms with van der Waals surface area (Å²) in [6.45, 7) is 4.33. The van der Waals surface area contributed by atoms with Gasteiger partial charge in [0.25, 0.3) is 5.91 Å². The van der Waals surface area contributed by atoms with Gasteiger partial charge in [0.15, 0.2) is 0 Å². The molecule has 0 radical (unpaired) electrons. The summed E-state index contributed by atoms with van der Waals surface area (Å²) >= 11 is 1.57. The molecule has 0 saturated carbocycles. The zero-order valence-corrected chi connectivity index (χ0v) is 14.4. The molecule has 0 aliphatic carbocycles. The Balaban J connectivity index is 1.48. The average molecular weight is 344 g/mol. The predicted molar refractivity (Wildman–Crippen MR) is 93.1 cm³/mol. The monoisotopic (exact) mass is 344 g/mol. The molecule has 0 bridgehead atoms. The summed E-state index contributed by atoms with van der Waals surface area (Å²) in [7, 11) is 0. The summed E-state index contributed by atoms with van der Waals surface area (Å²) in [6, 6.07) is 9.73. The van der Waals surface area contributed by atoms with Gasteiger partial charge < -0.3 is 14.2 Å². The highest BCUT2D eigenvalue weighted by molar-refractivity contribution is 8.00. The topological polar surface area (TPSA) is 53.8 Å². The number of aryl methyl sites for hydroxylation is 1. The number of furan rings is 1. The van der Waals surface area contributed by atoms with Gasteiger partial charge in [-0.25, -0.2) is 0 Å².